The summed E-state index contributed by atoms with van der Waals surface area (Å²) in [7, 11) is 1.57. The maximum Gasteiger partial charge on any atom is 0.0867 e. The van der Waals surface area contributed by atoms with Crippen molar-refractivity contribution in [2.24, 2.45) is 0 Å². The van der Waals surface area contributed by atoms with Crippen molar-refractivity contribution in [2.45, 2.75) is 24.0 Å². The molecule has 0 saturated heterocycles. The zero-order valence-corrected chi connectivity index (χ0v) is 10.4. The molecule has 16 heavy (non-hydrogen) atoms. The number of methoxy groups -OCH3 is 1. The van der Waals surface area contributed by atoms with Crippen LogP contribution in [0.4, 0.5) is 0 Å². The summed E-state index contributed by atoms with van der Waals surface area (Å²) in [6.45, 7) is 2.10. The van der Waals surface area contributed by atoms with Crippen LogP contribution >= 0.6 is 11.8 Å². The molecule has 0 aliphatic rings. The van der Waals surface area contributed by atoms with Crippen molar-refractivity contribution in [3.63, 3.8) is 0 Å². The smallest absolute Gasteiger partial charge is 0.0867 e. The van der Waals surface area contributed by atoms with Gasteiger partial charge in [-0.1, -0.05) is 12.1 Å². The van der Waals surface area contributed by atoms with Crippen molar-refractivity contribution in [3.05, 3.63) is 29.8 Å². The number of aliphatic hydroxyl groups excluding tert-OH is 2. The van der Waals surface area contributed by atoms with Crippen molar-refractivity contribution in [1.29, 1.82) is 0 Å². The minimum atomic E-state index is -0.438. The second-order valence-electron chi connectivity index (χ2n) is 3.67. The monoisotopic (exact) mass is 242 g/mol. The summed E-state index contributed by atoms with van der Waals surface area (Å²) < 4.78 is 4.85. The number of benzene rings is 1. The number of thioether (sulfide) groups is 1. The molecule has 0 bridgehead atoms. The van der Waals surface area contributed by atoms with E-state index in [1.165, 1.54) is 0 Å². The fourth-order valence-electron chi connectivity index (χ4n) is 1.28. The lowest BCUT2D eigenvalue weighted by atomic mass is 10.1. The molecule has 0 aliphatic heterocycles. The summed E-state index contributed by atoms with van der Waals surface area (Å²) in [5.41, 5.74) is 0.904. The first-order valence-corrected chi connectivity index (χ1v) is 6.20. The molecule has 2 atom stereocenters. The second kappa shape index (κ2) is 6.91. The molecule has 1 aromatic rings. The standard InChI is InChI=1S/C12H18O3S/c1-9(13)10-3-5-12(6-4-10)16-8-11(14)7-15-2/h3-6,9,11,13-14H,7-8H2,1-2H3. The highest BCUT2D eigenvalue weighted by molar-refractivity contribution is 7.99. The SMILES string of the molecule is COCC(O)CSc1ccc(C(C)O)cc1. The van der Waals surface area contributed by atoms with Crippen LogP contribution in [0.3, 0.4) is 0 Å². The topological polar surface area (TPSA) is 49.7 Å². The third kappa shape index (κ3) is 4.53. The molecule has 3 nitrogen and oxygen atoms in total. The Labute approximate surface area is 100 Å². The third-order valence-corrected chi connectivity index (χ3v) is 3.32. The van der Waals surface area contributed by atoms with E-state index in [4.69, 9.17) is 4.74 Å². The number of hydrogen-bond donors (Lipinski definition) is 2. The van der Waals surface area contributed by atoms with Crippen LogP contribution in [0, 0.1) is 0 Å². The molecule has 2 N–H and O–H groups in total. The lowest BCUT2D eigenvalue weighted by molar-refractivity contribution is 0.0794. The third-order valence-electron chi connectivity index (χ3n) is 2.16. The van der Waals surface area contributed by atoms with Crippen molar-refractivity contribution >= 4 is 11.8 Å². The molecular formula is C12H18O3S. The molecule has 0 aromatic heterocycles. The van der Waals surface area contributed by atoms with Crippen LogP contribution in [0.15, 0.2) is 29.2 Å². The Balaban J connectivity index is 2.43. The highest BCUT2D eigenvalue weighted by atomic mass is 32.2. The van der Waals surface area contributed by atoms with E-state index in [0.717, 1.165) is 10.5 Å². The van der Waals surface area contributed by atoms with E-state index in [9.17, 15) is 10.2 Å². The van der Waals surface area contributed by atoms with Gasteiger partial charge in [-0.3, -0.25) is 0 Å². The van der Waals surface area contributed by atoms with E-state index >= 15 is 0 Å². The van der Waals surface area contributed by atoms with Crippen LogP contribution in [-0.2, 0) is 4.74 Å². The number of hydrogen-bond acceptors (Lipinski definition) is 4. The zero-order chi connectivity index (χ0) is 12.0. The normalized spacial score (nSPS) is 14.8. The Kier molecular flexibility index (Phi) is 5.84. The summed E-state index contributed by atoms with van der Waals surface area (Å²) in [6.07, 6.45) is -0.871. The lowest BCUT2D eigenvalue weighted by Gasteiger charge is -2.09. The van der Waals surface area contributed by atoms with Gasteiger partial charge in [-0.15, -0.1) is 11.8 Å². The first kappa shape index (κ1) is 13.5. The Morgan fingerprint density at radius 1 is 1.25 bits per heavy atom. The molecule has 0 amide bonds. The predicted octanol–water partition coefficient (Wildman–Crippen LogP) is 1.84. The second-order valence-corrected chi connectivity index (χ2v) is 4.76. The number of aliphatic hydroxyl groups is 2. The lowest BCUT2D eigenvalue weighted by Crippen LogP contribution is -2.16. The summed E-state index contributed by atoms with van der Waals surface area (Å²) in [6, 6.07) is 7.70. The predicted molar refractivity (Wildman–Crippen MR) is 65.7 cm³/mol. The molecule has 0 aliphatic carbocycles. The maximum absolute atomic E-state index is 9.47. The van der Waals surface area contributed by atoms with Gasteiger partial charge in [0.25, 0.3) is 0 Å². The Bertz CT molecular complexity index is 298. The molecule has 0 saturated carbocycles. The first-order valence-electron chi connectivity index (χ1n) is 5.21. The molecule has 1 rings (SSSR count). The van der Waals surface area contributed by atoms with Crippen molar-refractivity contribution < 1.29 is 14.9 Å². The molecule has 0 heterocycles. The number of ether oxygens (including phenoxy) is 1. The highest BCUT2D eigenvalue weighted by Crippen LogP contribution is 2.21. The van der Waals surface area contributed by atoms with Gasteiger partial charge in [0, 0.05) is 17.8 Å². The average Bonchev–Trinajstić information content (AvgIpc) is 2.27. The van der Waals surface area contributed by atoms with Crippen molar-refractivity contribution in [1.82, 2.24) is 0 Å². The fourth-order valence-corrected chi connectivity index (χ4v) is 2.09. The molecule has 0 radical (unpaired) electrons. The maximum atomic E-state index is 9.47. The van der Waals surface area contributed by atoms with E-state index in [-0.39, 0.29) is 0 Å². The fraction of sp³-hybridized carbons (Fsp3) is 0.500. The van der Waals surface area contributed by atoms with E-state index in [2.05, 4.69) is 0 Å². The summed E-state index contributed by atoms with van der Waals surface area (Å²) in [5.74, 6) is 0.613. The summed E-state index contributed by atoms with van der Waals surface area (Å²) in [5, 5.41) is 18.8. The van der Waals surface area contributed by atoms with Gasteiger partial charge in [0.05, 0.1) is 18.8 Å². The van der Waals surface area contributed by atoms with E-state index in [1.807, 2.05) is 24.3 Å². The molecule has 90 valence electrons. The molecular weight excluding hydrogens is 224 g/mol. The Hall–Kier alpha value is -0.550. The van der Waals surface area contributed by atoms with Gasteiger partial charge in [0.15, 0.2) is 0 Å². The van der Waals surface area contributed by atoms with Gasteiger partial charge in [-0.25, -0.2) is 0 Å². The van der Waals surface area contributed by atoms with Crippen molar-refractivity contribution in [3.8, 4) is 0 Å². The summed E-state index contributed by atoms with van der Waals surface area (Å²) >= 11 is 1.58. The van der Waals surface area contributed by atoms with E-state index in [1.54, 1.807) is 25.8 Å². The molecule has 1 aromatic carbocycles. The van der Waals surface area contributed by atoms with E-state index < -0.39 is 12.2 Å². The van der Waals surface area contributed by atoms with Crippen LogP contribution < -0.4 is 0 Å². The number of rotatable bonds is 6. The van der Waals surface area contributed by atoms with Crippen molar-refractivity contribution in [2.75, 3.05) is 19.5 Å². The van der Waals surface area contributed by atoms with Gasteiger partial charge >= 0.3 is 0 Å². The van der Waals surface area contributed by atoms with Crippen LogP contribution in [0.25, 0.3) is 0 Å². The molecule has 4 heteroatoms. The van der Waals surface area contributed by atoms with Gasteiger partial charge in [0.2, 0.25) is 0 Å². The zero-order valence-electron chi connectivity index (χ0n) is 9.59. The Morgan fingerprint density at radius 2 is 1.88 bits per heavy atom. The van der Waals surface area contributed by atoms with Crippen LogP contribution in [0.2, 0.25) is 0 Å². The highest BCUT2D eigenvalue weighted by Gasteiger charge is 2.05. The van der Waals surface area contributed by atoms with Crippen LogP contribution in [-0.4, -0.2) is 35.8 Å². The largest absolute Gasteiger partial charge is 0.390 e. The molecule has 0 spiro atoms. The average molecular weight is 242 g/mol. The van der Waals surface area contributed by atoms with Crippen LogP contribution in [0.1, 0.15) is 18.6 Å². The molecule has 2 unspecified atom stereocenters. The first-order chi connectivity index (χ1) is 7.63. The van der Waals surface area contributed by atoms with Gasteiger partial charge in [0.1, 0.15) is 0 Å². The minimum Gasteiger partial charge on any atom is -0.390 e. The molecule has 0 fully saturated rings. The Morgan fingerprint density at radius 3 is 2.38 bits per heavy atom. The minimum absolute atomic E-state index is 0.360. The quantitative estimate of drug-likeness (QED) is 0.747. The van der Waals surface area contributed by atoms with E-state index in [0.29, 0.717) is 12.4 Å². The van der Waals surface area contributed by atoms with Gasteiger partial charge < -0.3 is 14.9 Å². The van der Waals surface area contributed by atoms with Crippen LogP contribution in [0.5, 0.6) is 0 Å². The van der Waals surface area contributed by atoms with Gasteiger partial charge in [-0.2, -0.15) is 0 Å². The van der Waals surface area contributed by atoms with Gasteiger partial charge in [-0.05, 0) is 24.6 Å². The summed E-state index contributed by atoms with van der Waals surface area (Å²) in [4.78, 5) is 1.08.